The predicted molar refractivity (Wildman–Crippen MR) is 75.1 cm³/mol. The third-order valence-corrected chi connectivity index (χ3v) is 2.90. The largest absolute Gasteiger partial charge is 0.399 e. The molecule has 0 atom stereocenters. The molecule has 0 saturated heterocycles. The maximum Gasteiger partial charge on any atom is 0.0320 e. The van der Waals surface area contributed by atoms with Gasteiger partial charge in [0.05, 0.1) is 0 Å². The predicted octanol–water partition coefficient (Wildman–Crippen LogP) is 2.12. The first-order valence-corrected chi connectivity index (χ1v) is 5.70. The Balaban J connectivity index is 2.59. The van der Waals surface area contributed by atoms with Crippen molar-refractivity contribution in [3.8, 4) is 0 Å². The second-order valence-corrected chi connectivity index (χ2v) is 4.46. The monoisotopic (exact) mass is 223 g/mol. The van der Waals surface area contributed by atoms with Crippen molar-refractivity contribution < 1.29 is 0 Å². The van der Waals surface area contributed by atoms with E-state index in [1.54, 1.807) is 0 Å². The van der Waals surface area contributed by atoms with E-state index in [-0.39, 0.29) is 0 Å². The van der Waals surface area contributed by atoms with Crippen molar-refractivity contribution in [3.63, 3.8) is 0 Å². The van der Waals surface area contributed by atoms with Crippen LogP contribution in [0, 0.1) is 13.8 Å². The lowest BCUT2D eigenvalue weighted by atomic mass is 10.0. The molecule has 1 heteroatoms. The average molecular weight is 223 g/mol. The van der Waals surface area contributed by atoms with Crippen molar-refractivity contribution in [2.45, 2.75) is 13.8 Å². The maximum atomic E-state index is 5.72. The fourth-order valence-electron chi connectivity index (χ4n) is 1.92. The van der Waals surface area contributed by atoms with Crippen LogP contribution in [-0.2, 0) is 0 Å². The molecule has 0 amide bonds. The van der Waals surface area contributed by atoms with Gasteiger partial charge in [-0.3, -0.25) is 0 Å². The van der Waals surface area contributed by atoms with Gasteiger partial charge in [0.15, 0.2) is 0 Å². The van der Waals surface area contributed by atoms with Gasteiger partial charge in [-0.15, -0.1) is 0 Å². The van der Waals surface area contributed by atoms with Crippen molar-refractivity contribution >= 4 is 18.3 Å². The Hall–Kier alpha value is -2.02. The number of anilines is 1. The van der Waals surface area contributed by atoms with E-state index in [1.165, 1.54) is 16.7 Å². The molecule has 1 nitrogen and oxygen atoms in total. The highest BCUT2D eigenvalue weighted by Crippen LogP contribution is 2.10. The minimum atomic E-state index is 0.757. The Kier molecular flexibility index (Phi) is 3.01. The highest BCUT2D eigenvalue weighted by Gasteiger charge is 1.95. The van der Waals surface area contributed by atoms with E-state index in [0.29, 0.717) is 0 Å². The molecule has 0 heterocycles. The van der Waals surface area contributed by atoms with Gasteiger partial charge in [0.2, 0.25) is 0 Å². The SMILES string of the molecule is C=c1cc(N)cc/c1=C/c1ccc(C)cc1C. The van der Waals surface area contributed by atoms with Crippen LogP contribution in [0.5, 0.6) is 0 Å². The molecule has 0 bridgehead atoms. The van der Waals surface area contributed by atoms with Crippen LogP contribution in [-0.4, -0.2) is 0 Å². The summed E-state index contributed by atoms with van der Waals surface area (Å²) in [7, 11) is 0. The van der Waals surface area contributed by atoms with Crippen LogP contribution < -0.4 is 16.2 Å². The standard InChI is InChI=1S/C16H17N/c1-11-4-5-14(12(2)8-11)10-15-6-7-16(17)9-13(15)3/h4-10H,3,17H2,1-2H3/b15-10-. The first-order valence-electron chi connectivity index (χ1n) is 5.70. The van der Waals surface area contributed by atoms with Crippen molar-refractivity contribution in [1.82, 2.24) is 0 Å². The zero-order chi connectivity index (χ0) is 12.4. The summed E-state index contributed by atoms with van der Waals surface area (Å²) in [6.45, 7) is 8.24. The second-order valence-electron chi connectivity index (χ2n) is 4.46. The van der Waals surface area contributed by atoms with Gasteiger partial charge >= 0.3 is 0 Å². The van der Waals surface area contributed by atoms with Gasteiger partial charge in [0.25, 0.3) is 0 Å². The van der Waals surface area contributed by atoms with Crippen LogP contribution in [0.1, 0.15) is 16.7 Å². The van der Waals surface area contributed by atoms with E-state index in [4.69, 9.17) is 5.73 Å². The van der Waals surface area contributed by atoms with E-state index in [2.05, 4.69) is 44.7 Å². The summed E-state index contributed by atoms with van der Waals surface area (Å²) in [6, 6.07) is 12.3. The smallest absolute Gasteiger partial charge is 0.0320 e. The number of hydrogen-bond donors (Lipinski definition) is 1. The normalized spacial score (nSPS) is 11.8. The average Bonchev–Trinajstić information content (AvgIpc) is 2.25. The molecule has 0 unspecified atom stereocenters. The summed E-state index contributed by atoms with van der Waals surface area (Å²) in [5, 5.41) is 2.08. The Morgan fingerprint density at radius 3 is 2.47 bits per heavy atom. The summed E-state index contributed by atoms with van der Waals surface area (Å²) in [4.78, 5) is 0. The molecule has 17 heavy (non-hydrogen) atoms. The minimum Gasteiger partial charge on any atom is -0.399 e. The van der Waals surface area contributed by atoms with Crippen LogP contribution >= 0.6 is 0 Å². The molecule has 0 saturated carbocycles. The van der Waals surface area contributed by atoms with Gasteiger partial charge in [-0.1, -0.05) is 36.4 Å². The van der Waals surface area contributed by atoms with Crippen LogP contribution in [0.2, 0.25) is 0 Å². The summed E-state index contributed by atoms with van der Waals surface area (Å²) in [6.07, 6.45) is 2.15. The molecule has 86 valence electrons. The topological polar surface area (TPSA) is 26.0 Å². The first kappa shape index (κ1) is 11.5. The summed E-state index contributed by atoms with van der Waals surface area (Å²) >= 11 is 0. The Morgan fingerprint density at radius 1 is 1.06 bits per heavy atom. The van der Waals surface area contributed by atoms with E-state index in [1.807, 2.05) is 18.2 Å². The summed E-state index contributed by atoms with van der Waals surface area (Å²) in [5.41, 5.74) is 10.3. The third kappa shape index (κ3) is 2.56. The number of nitrogens with two attached hydrogens (primary N) is 1. The molecule has 0 fully saturated rings. The van der Waals surface area contributed by atoms with Crippen molar-refractivity contribution in [1.29, 1.82) is 0 Å². The minimum absolute atomic E-state index is 0.757. The molecule has 2 N–H and O–H groups in total. The molecular weight excluding hydrogens is 206 g/mol. The van der Waals surface area contributed by atoms with Crippen molar-refractivity contribution in [2.75, 3.05) is 5.73 Å². The molecule has 0 aliphatic rings. The van der Waals surface area contributed by atoms with Gasteiger partial charge in [-0.2, -0.15) is 0 Å². The molecule has 0 aromatic heterocycles. The molecule has 2 rings (SSSR count). The molecule has 2 aromatic carbocycles. The number of rotatable bonds is 1. The van der Waals surface area contributed by atoms with Gasteiger partial charge < -0.3 is 5.73 Å². The molecule has 2 aromatic rings. The third-order valence-electron chi connectivity index (χ3n) is 2.90. The van der Waals surface area contributed by atoms with Gasteiger partial charge in [0, 0.05) is 5.69 Å². The molecule has 0 radical (unpaired) electrons. The van der Waals surface area contributed by atoms with E-state index in [0.717, 1.165) is 16.1 Å². The zero-order valence-electron chi connectivity index (χ0n) is 10.3. The van der Waals surface area contributed by atoms with Crippen molar-refractivity contribution in [3.05, 3.63) is 63.5 Å². The molecule has 0 aliphatic carbocycles. The quantitative estimate of drug-likeness (QED) is 0.736. The lowest BCUT2D eigenvalue weighted by Gasteiger charge is -2.02. The zero-order valence-corrected chi connectivity index (χ0v) is 10.3. The first-order chi connectivity index (χ1) is 8.06. The van der Waals surface area contributed by atoms with Gasteiger partial charge in [0.1, 0.15) is 0 Å². The fraction of sp³-hybridized carbons (Fsp3) is 0.125. The number of benzene rings is 2. The highest BCUT2D eigenvalue weighted by molar-refractivity contribution is 5.55. The van der Waals surface area contributed by atoms with Crippen LogP contribution in [0.4, 0.5) is 5.69 Å². The highest BCUT2D eigenvalue weighted by atomic mass is 14.5. The molecule has 0 aliphatic heterocycles. The van der Waals surface area contributed by atoms with Crippen molar-refractivity contribution in [2.24, 2.45) is 0 Å². The lowest BCUT2D eigenvalue weighted by molar-refractivity contribution is 1.36. The van der Waals surface area contributed by atoms with Crippen LogP contribution in [0.3, 0.4) is 0 Å². The van der Waals surface area contributed by atoms with Crippen LogP contribution in [0.25, 0.3) is 12.7 Å². The Morgan fingerprint density at radius 2 is 1.82 bits per heavy atom. The maximum absolute atomic E-state index is 5.72. The van der Waals surface area contributed by atoms with Gasteiger partial charge in [-0.05, 0) is 53.6 Å². The fourth-order valence-corrected chi connectivity index (χ4v) is 1.92. The molecule has 0 spiro atoms. The second kappa shape index (κ2) is 4.46. The van der Waals surface area contributed by atoms with E-state index < -0.39 is 0 Å². The lowest BCUT2D eigenvalue weighted by Crippen LogP contribution is -2.23. The summed E-state index contributed by atoms with van der Waals surface area (Å²) in [5.74, 6) is 0. The van der Waals surface area contributed by atoms with E-state index >= 15 is 0 Å². The molecular formula is C16H17N. The number of hydrogen-bond acceptors (Lipinski definition) is 1. The Labute approximate surface area is 102 Å². The van der Waals surface area contributed by atoms with Gasteiger partial charge in [-0.25, -0.2) is 0 Å². The number of nitrogen functional groups attached to an aromatic ring is 1. The number of aryl methyl sites for hydroxylation is 2. The van der Waals surface area contributed by atoms with E-state index in [9.17, 15) is 0 Å². The van der Waals surface area contributed by atoms with Crippen LogP contribution in [0.15, 0.2) is 36.4 Å². The Bertz CT molecular complexity index is 654. The summed E-state index contributed by atoms with van der Waals surface area (Å²) < 4.78 is 0.